The summed E-state index contributed by atoms with van der Waals surface area (Å²) in [5, 5.41) is 2.69. The van der Waals surface area contributed by atoms with Crippen LogP contribution in [0.2, 0.25) is 0 Å². The van der Waals surface area contributed by atoms with Gasteiger partial charge < -0.3 is 10.1 Å². The van der Waals surface area contributed by atoms with Crippen LogP contribution in [0.1, 0.15) is 5.56 Å². The number of hydrogen-bond acceptors (Lipinski definition) is 3. The summed E-state index contributed by atoms with van der Waals surface area (Å²) in [5.74, 6) is 0.0155. The Morgan fingerprint density at radius 3 is 3.06 bits per heavy atom. The second-order valence-electron chi connectivity index (χ2n) is 4.27. The molecule has 1 N–H and O–H groups in total. The zero-order chi connectivity index (χ0) is 13.0. The second kappa shape index (κ2) is 6.31. The first kappa shape index (κ1) is 13.5. The SMILES string of the molecule is CNC(=O)C1COCCN1Cc1ccccc1Br. The lowest BCUT2D eigenvalue weighted by atomic mass is 10.1. The molecule has 1 aromatic carbocycles. The minimum atomic E-state index is -0.198. The summed E-state index contributed by atoms with van der Waals surface area (Å²) < 4.78 is 6.47. The maximum absolute atomic E-state index is 11.8. The zero-order valence-corrected chi connectivity index (χ0v) is 11.9. The summed E-state index contributed by atoms with van der Waals surface area (Å²) in [4.78, 5) is 14.0. The number of morpholine rings is 1. The number of benzene rings is 1. The maximum atomic E-state index is 11.8. The molecule has 1 heterocycles. The van der Waals surface area contributed by atoms with Crippen molar-refractivity contribution in [3.63, 3.8) is 0 Å². The Kier molecular flexibility index (Phi) is 4.74. The lowest BCUT2D eigenvalue weighted by molar-refractivity contribution is -0.132. The molecule has 1 aliphatic heterocycles. The maximum Gasteiger partial charge on any atom is 0.239 e. The third-order valence-electron chi connectivity index (χ3n) is 3.12. The van der Waals surface area contributed by atoms with Crippen molar-refractivity contribution in [1.82, 2.24) is 10.2 Å². The highest BCUT2D eigenvalue weighted by molar-refractivity contribution is 9.10. The summed E-state index contributed by atoms with van der Waals surface area (Å²) in [5.41, 5.74) is 1.19. The van der Waals surface area contributed by atoms with Gasteiger partial charge in [0, 0.05) is 24.6 Å². The number of rotatable bonds is 3. The van der Waals surface area contributed by atoms with Crippen molar-refractivity contribution in [2.24, 2.45) is 0 Å². The van der Waals surface area contributed by atoms with Crippen molar-refractivity contribution in [2.45, 2.75) is 12.6 Å². The molecule has 18 heavy (non-hydrogen) atoms. The fourth-order valence-corrected chi connectivity index (χ4v) is 2.49. The fourth-order valence-electron chi connectivity index (χ4n) is 2.08. The van der Waals surface area contributed by atoms with Crippen LogP contribution in [0.3, 0.4) is 0 Å². The molecular weight excluding hydrogens is 296 g/mol. The van der Waals surface area contributed by atoms with E-state index in [0.29, 0.717) is 13.2 Å². The monoisotopic (exact) mass is 312 g/mol. The van der Waals surface area contributed by atoms with Crippen LogP contribution in [0.5, 0.6) is 0 Å². The van der Waals surface area contributed by atoms with E-state index in [4.69, 9.17) is 4.74 Å². The molecular formula is C13H17BrN2O2. The van der Waals surface area contributed by atoms with Crippen molar-refractivity contribution in [2.75, 3.05) is 26.8 Å². The van der Waals surface area contributed by atoms with Gasteiger partial charge in [0.25, 0.3) is 0 Å². The topological polar surface area (TPSA) is 41.6 Å². The average molecular weight is 313 g/mol. The van der Waals surface area contributed by atoms with Gasteiger partial charge in [0.05, 0.1) is 13.2 Å². The van der Waals surface area contributed by atoms with Crippen LogP contribution in [0.25, 0.3) is 0 Å². The lowest BCUT2D eigenvalue weighted by Gasteiger charge is -2.34. The van der Waals surface area contributed by atoms with Gasteiger partial charge >= 0.3 is 0 Å². The van der Waals surface area contributed by atoms with Gasteiger partial charge in [-0.05, 0) is 11.6 Å². The first-order chi connectivity index (χ1) is 8.72. The molecule has 0 bridgehead atoms. The summed E-state index contributed by atoms with van der Waals surface area (Å²) in [6.07, 6.45) is 0. The predicted octanol–water partition coefficient (Wildman–Crippen LogP) is 1.40. The largest absolute Gasteiger partial charge is 0.378 e. The van der Waals surface area contributed by atoms with Crippen LogP contribution < -0.4 is 5.32 Å². The fraction of sp³-hybridized carbons (Fsp3) is 0.462. The first-order valence-electron chi connectivity index (χ1n) is 5.99. The number of ether oxygens (including phenoxy) is 1. The van der Waals surface area contributed by atoms with Gasteiger partial charge in [-0.3, -0.25) is 9.69 Å². The molecule has 1 saturated heterocycles. The Morgan fingerprint density at radius 1 is 1.56 bits per heavy atom. The van der Waals surface area contributed by atoms with E-state index in [1.807, 2.05) is 18.2 Å². The van der Waals surface area contributed by atoms with E-state index >= 15 is 0 Å². The molecule has 0 spiro atoms. The molecule has 5 heteroatoms. The molecule has 98 valence electrons. The molecule has 1 atom stereocenters. The van der Waals surface area contributed by atoms with Gasteiger partial charge in [-0.15, -0.1) is 0 Å². The number of amides is 1. The average Bonchev–Trinajstić information content (AvgIpc) is 2.41. The number of carbonyl (C=O) groups excluding carboxylic acids is 1. The van der Waals surface area contributed by atoms with Crippen molar-refractivity contribution in [1.29, 1.82) is 0 Å². The van der Waals surface area contributed by atoms with Crippen molar-refractivity contribution in [3.8, 4) is 0 Å². The lowest BCUT2D eigenvalue weighted by Crippen LogP contribution is -2.52. The molecule has 1 aliphatic rings. The molecule has 0 aliphatic carbocycles. The highest BCUT2D eigenvalue weighted by atomic mass is 79.9. The van der Waals surface area contributed by atoms with Gasteiger partial charge in [0.15, 0.2) is 0 Å². The van der Waals surface area contributed by atoms with Gasteiger partial charge in [0.1, 0.15) is 6.04 Å². The number of halogens is 1. The number of hydrogen-bond donors (Lipinski definition) is 1. The molecule has 1 unspecified atom stereocenters. The van der Waals surface area contributed by atoms with Crippen LogP contribution in [0, 0.1) is 0 Å². The van der Waals surface area contributed by atoms with E-state index in [1.165, 1.54) is 5.56 Å². The van der Waals surface area contributed by atoms with Crippen molar-refractivity contribution in [3.05, 3.63) is 34.3 Å². The highest BCUT2D eigenvalue weighted by Crippen LogP contribution is 2.20. The smallest absolute Gasteiger partial charge is 0.239 e. The predicted molar refractivity (Wildman–Crippen MR) is 73.2 cm³/mol. The standard InChI is InChI=1S/C13H17BrN2O2/c1-15-13(17)12-9-18-7-6-16(12)8-10-4-2-3-5-11(10)14/h2-5,12H,6-9H2,1H3,(H,15,17). The van der Waals surface area contributed by atoms with E-state index in [9.17, 15) is 4.79 Å². The normalized spacial score (nSPS) is 20.7. The Bertz CT molecular complexity index is 425. The number of likely N-dealkylation sites (N-methyl/N-ethyl adjacent to an activating group) is 1. The molecule has 0 saturated carbocycles. The Balaban J connectivity index is 2.10. The van der Waals surface area contributed by atoms with Crippen LogP contribution >= 0.6 is 15.9 Å². The zero-order valence-electron chi connectivity index (χ0n) is 10.4. The Labute approximate surface area is 115 Å². The van der Waals surface area contributed by atoms with Crippen LogP contribution in [-0.4, -0.2) is 43.7 Å². The summed E-state index contributed by atoms with van der Waals surface area (Å²) >= 11 is 3.54. The van der Waals surface area contributed by atoms with E-state index in [-0.39, 0.29) is 11.9 Å². The van der Waals surface area contributed by atoms with Crippen molar-refractivity contribution >= 4 is 21.8 Å². The first-order valence-corrected chi connectivity index (χ1v) is 6.78. The molecule has 2 rings (SSSR count). The van der Waals surface area contributed by atoms with Crippen molar-refractivity contribution < 1.29 is 9.53 Å². The van der Waals surface area contributed by atoms with E-state index in [0.717, 1.165) is 17.6 Å². The molecule has 1 fully saturated rings. The third kappa shape index (κ3) is 3.10. The summed E-state index contributed by atoms with van der Waals surface area (Å²) in [6.45, 7) is 2.67. The van der Waals surface area contributed by atoms with Crippen LogP contribution in [-0.2, 0) is 16.1 Å². The molecule has 0 radical (unpaired) electrons. The highest BCUT2D eigenvalue weighted by Gasteiger charge is 2.28. The molecule has 0 aromatic heterocycles. The van der Waals surface area contributed by atoms with Crippen LogP contribution in [0.4, 0.5) is 0 Å². The Morgan fingerprint density at radius 2 is 2.33 bits per heavy atom. The summed E-state index contributed by atoms with van der Waals surface area (Å²) in [6, 6.07) is 7.89. The quantitative estimate of drug-likeness (QED) is 0.917. The number of nitrogens with one attached hydrogen (secondary N) is 1. The minimum absolute atomic E-state index is 0.0155. The van der Waals surface area contributed by atoms with Gasteiger partial charge in [-0.25, -0.2) is 0 Å². The van der Waals surface area contributed by atoms with E-state index < -0.39 is 0 Å². The summed E-state index contributed by atoms with van der Waals surface area (Å²) in [7, 11) is 1.66. The Hall–Kier alpha value is -0.910. The third-order valence-corrected chi connectivity index (χ3v) is 3.89. The number of carbonyl (C=O) groups is 1. The molecule has 4 nitrogen and oxygen atoms in total. The van der Waals surface area contributed by atoms with Gasteiger partial charge in [-0.2, -0.15) is 0 Å². The van der Waals surface area contributed by atoms with E-state index in [1.54, 1.807) is 7.05 Å². The second-order valence-corrected chi connectivity index (χ2v) is 5.12. The number of nitrogens with zero attached hydrogens (tertiary/aromatic N) is 1. The minimum Gasteiger partial charge on any atom is -0.378 e. The van der Waals surface area contributed by atoms with Gasteiger partial charge in [-0.1, -0.05) is 34.1 Å². The van der Waals surface area contributed by atoms with Gasteiger partial charge in [0.2, 0.25) is 5.91 Å². The molecule has 1 aromatic rings. The van der Waals surface area contributed by atoms with E-state index in [2.05, 4.69) is 32.2 Å². The van der Waals surface area contributed by atoms with Crippen LogP contribution in [0.15, 0.2) is 28.7 Å². The molecule has 1 amide bonds.